The van der Waals surface area contributed by atoms with E-state index in [1.165, 1.54) is 25.7 Å². The van der Waals surface area contributed by atoms with E-state index in [1.54, 1.807) is 0 Å². The number of hydrogen-bond acceptors (Lipinski definition) is 3. The minimum atomic E-state index is 0.337. The summed E-state index contributed by atoms with van der Waals surface area (Å²) in [7, 11) is 0. The average Bonchev–Trinajstić information content (AvgIpc) is 3.04. The number of fused-ring (bicyclic) bond motifs is 1. The Morgan fingerprint density at radius 3 is 2.30 bits per heavy atom. The Morgan fingerprint density at radius 2 is 1.59 bits per heavy atom. The normalized spacial score (nSPS) is 31.4. The van der Waals surface area contributed by atoms with Crippen molar-refractivity contribution in [3.05, 3.63) is 0 Å². The second-order valence-corrected chi connectivity index (χ2v) is 9.25. The lowest BCUT2D eigenvalue weighted by molar-refractivity contribution is -0.133. The molecule has 0 aromatic heterocycles. The van der Waals surface area contributed by atoms with Gasteiger partial charge in [-0.2, -0.15) is 0 Å². The van der Waals surface area contributed by atoms with E-state index >= 15 is 0 Å². The van der Waals surface area contributed by atoms with Gasteiger partial charge < -0.3 is 14.7 Å². The molecule has 4 aliphatic rings. The number of piperidine rings is 2. The molecule has 5 nitrogen and oxygen atoms in total. The quantitative estimate of drug-likeness (QED) is 0.759. The number of rotatable bonds is 4. The van der Waals surface area contributed by atoms with Crippen LogP contribution in [0.5, 0.6) is 0 Å². The molecule has 4 rings (SSSR count). The summed E-state index contributed by atoms with van der Waals surface area (Å²) in [4.78, 5) is 31.8. The predicted molar refractivity (Wildman–Crippen MR) is 106 cm³/mol. The van der Waals surface area contributed by atoms with Gasteiger partial charge in [0.15, 0.2) is 0 Å². The number of carbonyl (C=O) groups excluding carboxylic acids is 2. The topological polar surface area (TPSA) is 43.9 Å². The first-order chi connectivity index (χ1) is 13.2. The molecular formula is C22H37N3O2. The number of likely N-dealkylation sites (tertiary alicyclic amines) is 3. The van der Waals surface area contributed by atoms with E-state index in [-0.39, 0.29) is 0 Å². The van der Waals surface area contributed by atoms with E-state index in [1.807, 2.05) is 0 Å². The van der Waals surface area contributed by atoms with E-state index in [2.05, 4.69) is 21.6 Å². The van der Waals surface area contributed by atoms with E-state index < -0.39 is 0 Å². The van der Waals surface area contributed by atoms with Crippen LogP contribution in [0.4, 0.5) is 0 Å². The van der Waals surface area contributed by atoms with Crippen LogP contribution in [0.15, 0.2) is 0 Å². The number of hydrogen-bond donors (Lipinski definition) is 0. The van der Waals surface area contributed by atoms with Crippen molar-refractivity contribution in [2.45, 2.75) is 95.7 Å². The number of carbonyl (C=O) groups is 2. The van der Waals surface area contributed by atoms with Gasteiger partial charge in [0.05, 0.1) is 0 Å². The van der Waals surface area contributed by atoms with Crippen LogP contribution in [0.1, 0.15) is 77.6 Å². The maximum atomic E-state index is 12.7. The highest BCUT2D eigenvalue weighted by Crippen LogP contribution is 2.39. The molecule has 1 aliphatic carbocycles. The molecular weight excluding hydrogens is 338 g/mol. The highest BCUT2D eigenvalue weighted by Gasteiger charge is 2.44. The summed E-state index contributed by atoms with van der Waals surface area (Å²) in [6.07, 6.45) is 12.1. The Labute approximate surface area is 164 Å². The minimum absolute atomic E-state index is 0.337. The van der Waals surface area contributed by atoms with Crippen LogP contribution in [0.25, 0.3) is 0 Å². The van der Waals surface area contributed by atoms with Crippen LogP contribution in [0.3, 0.4) is 0 Å². The summed E-state index contributed by atoms with van der Waals surface area (Å²) < 4.78 is 0. The molecule has 3 heterocycles. The van der Waals surface area contributed by atoms with Crippen LogP contribution in [0, 0.1) is 5.92 Å². The van der Waals surface area contributed by atoms with E-state index in [0.29, 0.717) is 42.3 Å². The zero-order valence-corrected chi connectivity index (χ0v) is 17.1. The summed E-state index contributed by atoms with van der Waals surface area (Å²) in [6, 6.07) is 1.66. The highest BCUT2D eigenvalue weighted by molar-refractivity contribution is 5.79. The number of amides is 2. The van der Waals surface area contributed by atoms with E-state index in [0.717, 1.165) is 64.7 Å². The number of nitrogens with zero attached hydrogens (tertiary/aromatic N) is 3. The Morgan fingerprint density at radius 1 is 0.926 bits per heavy atom. The van der Waals surface area contributed by atoms with Crippen LogP contribution in [0.2, 0.25) is 0 Å². The van der Waals surface area contributed by atoms with Gasteiger partial charge in [-0.15, -0.1) is 0 Å². The molecule has 3 saturated heterocycles. The van der Waals surface area contributed by atoms with Crippen molar-refractivity contribution >= 4 is 11.8 Å². The van der Waals surface area contributed by atoms with Crippen LogP contribution in [-0.2, 0) is 9.59 Å². The van der Waals surface area contributed by atoms with Crippen molar-refractivity contribution in [3.63, 3.8) is 0 Å². The SMILES string of the molecule is CCCC(=O)N1CCC(N2CCC(N3C(=O)C[C@@H]4CCCC[C@@H]43)CC2)CC1. The first-order valence-electron chi connectivity index (χ1n) is 11.5. The van der Waals surface area contributed by atoms with Crippen LogP contribution >= 0.6 is 0 Å². The summed E-state index contributed by atoms with van der Waals surface area (Å²) in [6.45, 7) is 6.18. The maximum absolute atomic E-state index is 12.7. The zero-order valence-electron chi connectivity index (χ0n) is 17.1. The molecule has 1 saturated carbocycles. The molecule has 0 aromatic rings. The fraction of sp³-hybridized carbons (Fsp3) is 0.909. The second-order valence-electron chi connectivity index (χ2n) is 9.25. The molecule has 0 bridgehead atoms. The van der Waals surface area contributed by atoms with E-state index in [4.69, 9.17) is 0 Å². The third kappa shape index (κ3) is 4.03. The van der Waals surface area contributed by atoms with Gasteiger partial charge in [-0.25, -0.2) is 0 Å². The van der Waals surface area contributed by atoms with Gasteiger partial charge in [0.25, 0.3) is 0 Å². The van der Waals surface area contributed by atoms with Gasteiger partial charge in [-0.3, -0.25) is 9.59 Å². The Bertz CT molecular complexity index is 536. The van der Waals surface area contributed by atoms with Crippen molar-refractivity contribution in [1.82, 2.24) is 14.7 Å². The average molecular weight is 376 g/mol. The molecule has 4 fully saturated rings. The predicted octanol–water partition coefficient (Wildman–Crippen LogP) is 3.03. The molecule has 0 radical (unpaired) electrons. The van der Waals surface area contributed by atoms with Gasteiger partial charge in [0, 0.05) is 57.1 Å². The fourth-order valence-corrected chi connectivity index (χ4v) is 6.16. The lowest BCUT2D eigenvalue weighted by Crippen LogP contribution is -2.53. The van der Waals surface area contributed by atoms with Gasteiger partial charge in [-0.1, -0.05) is 19.8 Å². The fourth-order valence-electron chi connectivity index (χ4n) is 6.16. The van der Waals surface area contributed by atoms with Crippen molar-refractivity contribution in [1.29, 1.82) is 0 Å². The van der Waals surface area contributed by atoms with E-state index in [9.17, 15) is 9.59 Å². The smallest absolute Gasteiger partial charge is 0.223 e. The minimum Gasteiger partial charge on any atom is -0.343 e. The Balaban J connectivity index is 1.26. The molecule has 152 valence electrons. The van der Waals surface area contributed by atoms with Crippen molar-refractivity contribution in [2.75, 3.05) is 26.2 Å². The lowest BCUT2D eigenvalue weighted by atomic mass is 9.84. The highest BCUT2D eigenvalue weighted by atomic mass is 16.2. The first kappa shape index (κ1) is 19.2. The maximum Gasteiger partial charge on any atom is 0.223 e. The largest absolute Gasteiger partial charge is 0.343 e. The molecule has 2 atom stereocenters. The third-order valence-corrected chi connectivity index (χ3v) is 7.64. The zero-order chi connectivity index (χ0) is 18.8. The summed E-state index contributed by atoms with van der Waals surface area (Å²) in [5.74, 6) is 1.42. The summed E-state index contributed by atoms with van der Waals surface area (Å²) in [5, 5.41) is 0. The second kappa shape index (κ2) is 8.50. The Kier molecular flexibility index (Phi) is 6.05. The lowest BCUT2D eigenvalue weighted by Gasteiger charge is -2.45. The third-order valence-electron chi connectivity index (χ3n) is 7.64. The molecule has 3 aliphatic heterocycles. The van der Waals surface area contributed by atoms with Gasteiger partial charge in [0.2, 0.25) is 11.8 Å². The molecule has 2 amide bonds. The van der Waals surface area contributed by atoms with Crippen molar-refractivity contribution in [3.8, 4) is 0 Å². The molecule has 0 unspecified atom stereocenters. The van der Waals surface area contributed by atoms with Crippen LogP contribution < -0.4 is 0 Å². The Hall–Kier alpha value is -1.10. The molecule has 0 N–H and O–H groups in total. The van der Waals surface area contributed by atoms with Crippen molar-refractivity contribution < 1.29 is 9.59 Å². The standard InChI is InChI=1S/C22H37N3O2/c1-2-5-21(26)24-14-8-18(9-15-24)23-12-10-19(11-13-23)25-20-7-4-3-6-17(20)16-22(25)27/h17-20H,2-16H2,1H3/t17-,20-/m0/s1. The van der Waals surface area contributed by atoms with Gasteiger partial charge >= 0.3 is 0 Å². The monoisotopic (exact) mass is 375 g/mol. The molecule has 0 spiro atoms. The summed E-state index contributed by atoms with van der Waals surface area (Å²) in [5.41, 5.74) is 0. The summed E-state index contributed by atoms with van der Waals surface area (Å²) >= 11 is 0. The molecule has 5 heteroatoms. The molecule has 0 aromatic carbocycles. The molecule has 27 heavy (non-hydrogen) atoms. The van der Waals surface area contributed by atoms with Gasteiger partial charge in [-0.05, 0) is 50.9 Å². The van der Waals surface area contributed by atoms with Crippen molar-refractivity contribution in [2.24, 2.45) is 5.92 Å². The first-order valence-corrected chi connectivity index (χ1v) is 11.5. The van der Waals surface area contributed by atoms with Gasteiger partial charge in [0.1, 0.15) is 0 Å². The van der Waals surface area contributed by atoms with Crippen LogP contribution in [-0.4, -0.2) is 70.8 Å².